The molecule has 1 aromatic rings. The third-order valence-electron chi connectivity index (χ3n) is 2.75. The summed E-state index contributed by atoms with van der Waals surface area (Å²) in [5.74, 6) is 0. The van der Waals surface area contributed by atoms with Gasteiger partial charge >= 0.3 is 6.18 Å². The summed E-state index contributed by atoms with van der Waals surface area (Å²) in [6.07, 6.45) is -2.59. The summed E-state index contributed by atoms with van der Waals surface area (Å²) in [6, 6.07) is 5.09. The fourth-order valence-corrected chi connectivity index (χ4v) is 1.86. The van der Waals surface area contributed by atoms with Crippen molar-refractivity contribution in [3.8, 4) is 0 Å². The molecule has 0 saturated heterocycles. The predicted molar refractivity (Wildman–Crippen MR) is 68.7 cm³/mol. The Morgan fingerprint density at radius 1 is 1.06 bits per heavy atom. The number of alkyl halides is 4. The standard InChI is InChI=1S/C14H18ClF3/c1-13(2,3)9-8-12(15)10-4-6-11(7-5-10)14(16,17)18/h4-7,12H,8-9H2,1-3H3. The first-order valence-corrected chi connectivity index (χ1v) is 6.34. The molecular weight excluding hydrogens is 261 g/mol. The zero-order valence-electron chi connectivity index (χ0n) is 10.8. The molecule has 0 heterocycles. The van der Waals surface area contributed by atoms with Crippen molar-refractivity contribution >= 4 is 11.6 Å². The summed E-state index contributed by atoms with van der Waals surface area (Å²) >= 11 is 6.20. The van der Waals surface area contributed by atoms with Crippen molar-refractivity contribution in [3.05, 3.63) is 35.4 Å². The maximum atomic E-state index is 12.4. The number of hydrogen-bond acceptors (Lipinski definition) is 0. The molecule has 0 fully saturated rings. The zero-order valence-corrected chi connectivity index (χ0v) is 11.6. The fraction of sp³-hybridized carbons (Fsp3) is 0.571. The van der Waals surface area contributed by atoms with Crippen LogP contribution in [0.15, 0.2) is 24.3 Å². The molecule has 0 aliphatic heterocycles. The van der Waals surface area contributed by atoms with Gasteiger partial charge in [0.2, 0.25) is 0 Å². The monoisotopic (exact) mass is 278 g/mol. The highest BCUT2D eigenvalue weighted by Crippen LogP contribution is 2.34. The fourth-order valence-electron chi connectivity index (χ4n) is 1.61. The molecule has 18 heavy (non-hydrogen) atoms. The first-order chi connectivity index (χ1) is 8.09. The van der Waals surface area contributed by atoms with Crippen molar-refractivity contribution in [2.45, 2.75) is 45.2 Å². The molecule has 0 bridgehead atoms. The first-order valence-electron chi connectivity index (χ1n) is 5.91. The molecule has 0 radical (unpaired) electrons. The lowest BCUT2D eigenvalue weighted by molar-refractivity contribution is -0.137. The highest BCUT2D eigenvalue weighted by molar-refractivity contribution is 6.20. The van der Waals surface area contributed by atoms with Gasteiger partial charge in [0.15, 0.2) is 0 Å². The van der Waals surface area contributed by atoms with Gasteiger partial charge in [-0.05, 0) is 36.0 Å². The van der Waals surface area contributed by atoms with Gasteiger partial charge in [-0.3, -0.25) is 0 Å². The summed E-state index contributed by atoms with van der Waals surface area (Å²) in [4.78, 5) is 0. The molecule has 0 aliphatic rings. The molecule has 1 unspecified atom stereocenters. The third-order valence-corrected chi connectivity index (χ3v) is 3.22. The summed E-state index contributed by atoms with van der Waals surface area (Å²) in [5, 5.41) is -0.230. The maximum absolute atomic E-state index is 12.4. The molecule has 1 rings (SSSR count). The van der Waals surface area contributed by atoms with E-state index in [0.717, 1.165) is 30.5 Å². The van der Waals surface area contributed by atoms with Gasteiger partial charge in [0, 0.05) is 0 Å². The van der Waals surface area contributed by atoms with Crippen LogP contribution in [-0.4, -0.2) is 0 Å². The molecule has 1 atom stereocenters. The van der Waals surface area contributed by atoms with E-state index in [1.54, 1.807) is 0 Å². The second kappa shape index (κ2) is 5.52. The largest absolute Gasteiger partial charge is 0.416 e. The quantitative estimate of drug-likeness (QED) is 0.612. The molecule has 0 aromatic heterocycles. The lowest BCUT2D eigenvalue weighted by atomic mass is 9.89. The van der Waals surface area contributed by atoms with Gasteiger partial charge in [0.1, 0.15) is 0 Å². The van der Waals surface area contributed by atoms with Crippen molar-refractivity contribution in [3.63, 3.8) is 0 Å². The summed E-state index contributed by atoms with van der Waals surface area (Å²) in [5.41, 5.74) is 0.291. The van der Waals surface area contributed by atoms with E-state index in [0.29, 0.717) is 0 Å². The average molecular weight is 279 g/mol. The minimum Gasteiger partial charge on any atom is -0.166 e. The molecule has 0 amide bonds. The Hall–Kier alpha value is -0.700. The number of hydrogen-bond donors (Lipinski definition) is 0. The first kappa shape index (κ1) is 15.4. The number of halogens is 4. The molecule has 4 heteroatoms. The van der Waals surface area contributed by atoms with E-state index in [-0.39, 0.29) is 10.8 Å². The van der Waals surface area contributed by atoms with Gasteiger partial charge in [-0.2, -0.15) is 13.2 Å². The molecule has 102 valence electrons. The minimum atomic E-state index is -4.29. The Balaban J connectivity index is 2.68. The lowest BCUT2D eigenvalue weighted by Crippen LogP contribution is -2.07. The Kier molecular flexibility index (Phi) is 4.71. The molecule has 0 N–H and O–H groups in total. The SMILES string of the molecule is CC(C)(C)CCC(Cl)c1ccc(C(F)(F)F)cc1. The Bertz CT molecular complexity index is 374. The zero-order chi connectivity index (χ0) is 14.0. The van der Waals surface area contributed by atoms with Crippen LogP contribution in [0.25, 0.3) is 0 Å². The van der Waals surface area contributed by atoms with Crippen LogP contribution in [0.3, 0.4) is 0 Å². The van der Waals surface area contributed by atoms with Crippen molar-refractivity contribution in [1.29, 1.82) is 0 Å². The Morgan fingerprint density at radius 3 is 1.94 bits per heavy atom. The van der Waals surface area contributed by atoms with Crippen molar-refractivity contribution < 1.29 is 13.2 Å². The second-order valence-electron chi connectivity index (χ2n) is 5.69. The van der Waals surface area contributed by atoms with Crippen molar-refractivity contribution in [2.75, 3.05) is 0 Å². The normalized spacial score (nSPS) is 14.6. The van der Waals surface area contributed by atoms with Gasteiger partial charge in [0.25, 0.3) is 0 Å². The van der Waals surface area contributed by atoms with Gasteiger partial charge in [-0.1, -0.05) is 32.9 Å². The van der Waals surface area contributed by atoms with Crippen LogP contribution in [0.4, 0.5) is 13.2 Å². The summed E-state index contributed by atoms with van der Waals surface area (Å²) < 4.78 is 37.2. The van der Waals surface area contributed by atoms with E-state index < -0.39 is 11.7 Å². The predicted octanol–water partition coefficient (Wildman–Crippen LogP) is 5.81. The smallest absolute Gasteiger partial charge is 0.166 e. The average Bonchev–Trinajstić information content (AvgIpc) is 2.24. The topological polar surface area (TPSA) is 0 Å². The van der Waals surface area contributed by atoms with E-state index in [4.69, 9.17) is 11.6 Å². The van der Waals surface area contributed by atoms with Gasteiger partial charge < -0.3 is 0 Å². The minimum absolute atomic E-state index is 0.180. The van der Waals surface area contributed by atoms with Crippen molar-refractivity contribution in [2.24, 2.45) is 5.41 Å². The van der Waals surface area contributed by atoms with Crippen molar-refractivity contribution in [1.82, 2.24) is 0 Å². The molecule has 0 nitrogen and oxygen atoms in total. The van der Waals surface area contributed by atoms with Crippen LogP contribution >= 0.6 is 11.6 Å². The lowest BCUT2D eigenvalue weighted by Gasteiger charge is -2.20. The van der Waals surface area contributed by atoms with Gasteiger partial charge in [0.05, 0.1) is 10.9 Å². The maximum Gasteiger partial charge on any atom is 0.416 e. The molecule has 0 spiro atoms. The molecule has 1 aromatic carbocycles. The number of rotatable bonds is 3. The third kappa shape index (κ3) is 4.89. The Labute approximate surface area is 111 Å². The molecular formula is C14H18ClF3. The van der Waals surface area contributed by atoms with E-state index >= 15 is 0 Å². The summed E-state index contributed by atoms with van der Waals surface area (Å²) in [7, 11) is 0. The van der Waals surface area contributed by atoms with Gasteiger partial charge in [-0.15, -0.1) is 11.6 Å². The number of benzene rings is 1. The van der Waals surface area contributed by atoms with Crippen LogP contribution in [-0.2, 0) is 6.18 Å². The van der Waals surface area contributed by atoms with Crippen LogP contribution in [0.1, 0.15) is 50.1 Å². The summed E-state index contributed by atoms with van der Waals surface area (Å²) in [6.45, 7) is 6.34. The highest BCUT2D eigenvalue weighted by atomic mass is 35.5. The molecule has 0 aliphatic carbocycles. The van der Waals surface area contributed by atoms with E-state index in [1.807, 2.05) is 0 Å². The van der Waals surface area contributed by atoms with Crippen LogP contribution < -0.4 is 0 Å². The van der Waals surface area contributed by atoms with E-state index in [9.17, 15) is 13.2 Å². The van der Waals surface area contributed by atoms with E-state index in [1.165, 1.54) is 12.1 Å². The second-order valence-corrected chi connectivity index (χ2v) is 6.21. The Morgan fingerprint density at radius 2 is 1.56 bits per heavy atom. The highest BCUT2D eigenvalue weighted by Gasteiger charge is 2.30. The van der Waals surface area contributed by atoms with Crippen LogP contribution in [0.2, 0.25) is 0 Å². The van der Waals surface area contributed by atoms with E-state index in [2.05, 4.69) is 20.8 Å². The van der Waals surface area contributed by atoms with Crippen LogP contribution in [0, 0.1) is 5.41 Å². The molecule has 0 saturated carbocycles. The van der Waals surface area contributed by atoms with Crippen LogP contribution in [0.5, 0.6) is 0 Å². The van der Waals surface area contributed by atoms with Gasteiger partial charge in [-0.25, -0.2) is 0 Å².